The first-order valence-electron chi connectivity index (χ1n) is 4.11. The van der Waals surface area contributed by atoms with Crippen molar-refractivity contribution >= 4 is 12.1 Å². The van der Waals surface area contributed by atoms with Crippen LogP contribution in [0, 0.1) is 5.92 Å². The lowest BCUT2D eigenvalue weighted by atomic mass is 9.94. The second-order valence-electron chi connectivity index (χ2n) is 3.48. The van der Waals surface area contributed by atoms with Crippen molar-refractivity contribution < 1.29 is 19.4 Å². The third-order valence-electron chi connectivity index (χ3n) is 2.18. The maximum atomic E-state index is 11.0. The molecular weight excluding hydrogens is 174 g/mol. The Kier molecular flexibility index (Phi) is 2.45. The van der Waals surface area contributed by atoms with Crippen LogP contribution >= 0.6 is 0 Å². The first-order valence-corrected chi connectivity index (χ1v) is 4.11. The normalized spacial score (nSPS) is 26.6. The summed E-state index contributed by atoms with van der Waals surface area (Å²) < 4.78 is 4.84. The Balaban J connectivity index is 2.66. The predicted molar refractivity (Wildman–Crippen MR) is 44.3 cm³/mol. The summed E-state index contributed by atoms with van der Waals surface area (Å²) in [4.78, 5) is 22.5. The molecule has 5 heteroatoms. The number of esters is 1. The van der Waals surface area contributed by atoms with E-state index < -0.39 is 18.1 Å². The summed E-state index contributed by atoms with van der Waals surface area (Å²) >= 11 is 0. The van der Waals surface area contributed by atoms with Gasteiger partial charge in [-0.25, -0.2) is 9.59 Å². The molecule has 0 unspecified atom stereocenters. The van der Waals surface area contributed by atoms with Gasteiger partial charge in [-0.2, -0.15) is 0 Å². The van der Waals surface area contributed by atoms with Gasteiger partial charge in [0.15, 0.2) is 6.04 Å². The SMILES string of the molecule is CC(C)[C@@H]1OC(=O)[C@@H]1N(C)C(=O)O. The van der Waals surface area contributed by atoms with E-state index in [9.17, 15) is 9.59 Å². The van der Waals surface area contributed by atoms with Gasteiger partial charge in [0.25, 0.3) is 0 Å². The number of carbonyl (C=O) groups is 2. The van der Waals surface area contributed by atoms with Gasteiger partial charge < -0.3 is 9.84 Å². The number of rotatable bonds is 2. The number of hydrogen-bond donors (Lipinski definition) is 1. The molecule has 1 aliphatic heterocycles. The number of nitrogens with zero attached hydrogens (tertiary/aromatic N) is 1. The Morgan fingerprint density at radius 1 is 1.62 bits per heavy atom. The first-order chi connectivity index (χ1) is 5.95. The van der Waals surface area contributed by atoms with Crippen molar-refractivity contribution in [2.45, 2.75) is 26.0 Å². The highest BCUT2D eigenvalue weighted by Crippen LogP contribution is 2.26. The molecule has 0 aromatic heterocycles. The van der Waals surface area contributed by atoms with Crippen molar-refractivity contribution in [3.05, 3.63) is 0 Å². The molecule has 0 saturated carbocycles. The Labute approximate surface area is 76.3 Å². The molecule has 1 N–H and O–H groups in total. The highest BCUT2D eigenvalue weighted by Gasteiger charge is 2.48. The molecule has 13 heavy (non-hydrogen) atoms. The van der Waals surface area contributed by atoms with E-state index in [0.717, 1.165) is 4.90 Å². The number of amides is 1. The largest absolute Gasteiger partial charge is 0.465 e. The lowest BCUT2D eigenvalue weighted by molar-refractivity contribution is -0.190. The minimum atomic E-state index is -1.10. The molecule has 0 aliphatic carbocycles. The number of cyclic esters (lactones) is 1. The fourth-order valence-corrected chi connectivity index (χ4v) is 1.33. The fraction of sp³-hybridized carbons (Fsp3) is 0.750. The maximum absolute atomic E-state index is 11.0. The number of carboxylic acid groups (broad SMARTS) is 1. The Morgan fingerprint density at radius 3 is 2.46 bits per heavy atom. The van der Waals surface area contributed by atoms with E-state index in [2.05, 4.69) is 0 Å². The quantitative estimate of drug-likeness (QED) is 0.641. The van der Waals surface area contributed by atoms with Crippen molar-refractivity contribution in [2.24, 2.45) is 5.92 Å². The summed E-state index contributed by atoms with van der Waals surface area (Å²) in [5.41, 5.74) is 0. The number of carbonyl (C=O) groups excluding carboxylic acids is 1. The molecule has 0 radical (unpaired) electrons. The van der Waals surface area contributed by atoms with Crippen LogP contribution in [0.1, 0.15) is 13.8 Å². The third kappa shape index (κ3) is 1.59. The van der Waals surface area contributed by atoms with Crippen LogP contribution in [0.2, 0.25) is 0 Å². The second-order valence-corrected chi connectivity index (χ2v) is 3.48. The number of ether oxygens (including phenoxy) is 1. The van der Waals surface area contributed by atoms with Crippen LogP contribution < -0.4 is 0 Å². The van der Waals surface area contributed by atoms with Crippen LogP contribution in [0.15, 0.2) is 0 Å². The van der Waals surface area contributed by atoms with E-state index >= 15 is 0 Å². The van der Waals surface area contributed by atoms with Crippen LogP contribution in [0.25, 0.3) is 0 Å². The van der Waals surface area contributed by atoms with Crippen LogP contribution in [0.4, 0.5) is 4.79 Å². The zero-order chi connectivity index (χ0) is 10.2. The molecule has 1 rings (SSSR count). The summed E-state index contributed by atoms with van der Waals surface area (Å²) in [6.07, 6.45) is -1.40. The van der Waals surface area contributed by atoms with Crippen LogP contribution in [0.5, 0.6) is 0 Å². The Morgan fingerprint density at radius 2 is 2.15 bits per heavy atom. The van der Waals surface area contributed by atoms with E-state index in [1.54, 1.807) is 0 Å². The van der Waals surface area contributed by atoms with Gasteiger partial charge >= 0.3 is 12.1 Å². The standard InChI is InChI=1S/C8H13NO4/c1-4(2)6-5(7(10)13-6)9(3)8(11)12/h4-6H,1-3H3,(H,11,12)/t5-,6+/m1/s1. The van der Waals surface area contributed by atoms with Gasteiger partial charge in [-0.05, 0) is 5.92 Å². The third-order valence-corrected chi connectivity index (χ3v) is 2.18. The summed E-state index contributed by atoms with van der Waals surface area (Å²) in [7, 11) is 1.38. The van der Waals surface area contributed by atoms with Crippen LogP contribution in [0.3, 0.4) is 0 Å². The fourth-order valence-electron chi connectivity index (χ4n) is 1.33. The molecule has 0 bridgehead atoms. The van der Waals surface area contributed by atoms with Gasteiger partial charge in [0, 0.05) is 7.05 Å². The molecule has 5 nitrogen and oxygen atoms in total. The highest BCUT2D eigenvalue weighted by molar-refractivity contribution is 5.86. The monoisotopic (exact) mass is 187 g/mol. The lowest BCUT2D eigenvalue weighted by Crippen LogP contribution is -2.61. The highest BCUT2D eigenvalue weighted by atomic mass is 16.6. The molecule has 0 spiro atoms. The average molecular weight is 187 g/mol. The molecule has 74 valence electrons. The van der Waals surface area contributed by atoms with Gasteiger partial charge in [0.2, 0.25) is 0 Å². The van der Waals surface area contributed by atoms with Gasteiger partial charge in [-0.1, -0.05) is 13.8 Å². The first kappa shape index (κ1) is 9.83. The van der Waals surface area contributed by atoms with Crippen molar-refractivity contribution in [1.82, 2.24) is 4.90 Å². The van der Waals surface area contributed by atoms with Crippen LogP contribution in [-0.4, -0.2) is 41.3 Å². The smallest absolute Gasteiger partial charge is 0.407 e. The van der Waals surface area contributed by atoms with E-state index in [0.29, 0.717) is 0 Å². The minimum Gasteiger partial charge on any atom is -0.465 e. The van der Waals surface area contributed by atoms with Gasteiger partial charge in [0.05, 0.1) is 0 Å². The van der Waals surface area contributed by atoms with E-state index in [-0.39, 0.29) is 12.0 Å². The molecule has 0 aromatic rings. The molecule has 1 aliphatic rings. The summed E-state index contributed by atoms with van der Waals surface area (Å²) in [6, 6.07) is -0.627. The van der Waals surface area contributed by atoms with Crippen LogP contribution in [-0.2, 0) is 9.53 Å². The second kappa shape index (κ2) is 3.24. The molecule has 1 heterocycles. The van der Waals surface area contributed by atoms with Gasteiger partial charge in [-0.3, -0.25) is 4.90 Å². The van der Waals surface area contributed by atoms with Crippen molar-refractivity contribution in [1.29, 1.82) is 0 Å². The number of hydrogen-bond acceptors (Lipinski definition) is 3. The average Bonchev–Trinajstić information content (AvgIpc) is 1.99. The predicted octanol–water partition coefficient (Wildman–Crippen LogP) is 0.546. The van der Waals surface area contributed by atoms with E-state index in [4.69, 9.17) is 9.84 Å². The Hall–Kier alpha value is -1.26. The zero-order valence-electron chi connectivity index (χ0n) is 7.85. The van der Waals surface area contributed by atoms with E-state index in [1.807, 2.05) is 13.8 Å². The summed E-state index contributed by atoms with van der Waals surface area (Å²) in [6.45, 7) is 3.78. The van der Waals surface area contributed by atoms with Gasteiger partial charge in [0.1, 0.15) is 6.10 Å². The van der Waals surface area contributed by atoms with Crippen molar-refractivity contribution in [3.63, 3.8) is 0 Å². The lowest BCUT2D eigenvalue weighted by Gasteiger charge is -2.41. The van der Waals surface area contributed by atoms with Crippen molar-refractivity contribution in [3.8, 4) is 0 Å². The molecule has 1 saturated heterocycles. The molecule has 1 fully saturated rings. The Bertz CT molecular complexity index is 238. The zero-order valence-corrected chi connectivity index (χ0v) is 7.85. The molecular formula is C8H13NO4. The van der Waals surface area contributed by atoms with E-state index in [1.165, 1.54) is 7.05 Å². The van der Waals surface area contributed by atoms with Crippen molar-refractivity contribution in [2.75, 3.05) is 7.05 Å². The number of likely N-dealkylation sites (N-methyl/N-ethyl adjacent to an activating group) is 1. The minimum absolute atomic E-state index is 0.143. The molecule has 2 atom stereocenters. The summed E-state index contributed by atoms with van der Waals surface area (Å²) in [5.74, 6) is -0.312. The van der Waals surface area contributed by atoms with Gasteiger partial charge in [-0.15, -0.1) is 0 Å². The maximum Gasteiger partial charge on any atom is 0.407 e. The molecule has 0 aromatic carbocycles. The topological polar surface area (TPSA) is 66.8 Å². The molecule has 1 amide bonds. The summed E-state index contributed by atoms with van der Waals surface area (Å²) in [5, 5.41) is 8.65.